The minimum absolute atomic E-state index is 0.0325. The number of likely N-dealkylation sites (tertiary alicyclic amines) is 1. The maximum Gasteiger partial charge on any atom is 0.411 e. The molecular formula is C33H29BrClN7O3. The van der Waals surface area contributed by atoms with Crippen LogP contribution in [0.2, 0.25) is 5.02 Å². The summed E-state index contributed by atoms with van der Waals surface area (Å²) in [5.41, 5.74) is 4.84. The van der Waals surface area contributed by atoms with Gasteiger partial charge in [0.15, 0.2) is 0 Å². The summed E-state index contributed by atoms with van der Waals surface area (Å²) in [6.07, 6.45) is 9.62. The van der Waals surface area contributed by atoms with Crippen molar-refractivity contribution in [2.75, 3.05) is 19.0 Å². The summed E-state index contributed by atoms with van der Waals surface area (Å²) in [5.74, 6) is 0.592. The molecule has 1 aliphatic heterocycles. The van der Waals surface area contributed by atoms with Crippen molar-refractivity contribution in [3.05, 3.63) is 118 Å². The Morgan fingerprint density at radius 3 is 2.64 bits per heavy atom. The number of imidazole rings is 1. The molecule has 3 heterocycles. The molecule has 3 aromatic carbocycles. The molecule has 0 bridgehead atoms. The molecule has 6 rings (SSSR count). The van der Waals surface area contributed by atoms with Crippen LogP contribution in [-0.4, -0.2) is 55.3 Å². The van der Waals surface area contributed by atoms with Crippen LogP contribution in [-0.2, 0) is 9.53 Å². The number of hydrogen-bond acceptors (Lipinski definition) is 6. The third kappa shape index (κ3) is 6.69. The number of amides is 2. The molecule has 0 radical (unpaired) electrons. The highest BCUT2D eigenvalue weighted by molar-refractivity contribution is 9.10. The quantitative estimate of drug-likeness (QED) is 0.172. The van der Waals surface area contributed by atoms with E-state index in [0.717, 1.165) is 39.7 Å². The van der Waals surface area contributed by atoms with Crippen molar-refractivity contribution in [3.63, 3.8) is 0 Å². The predicted molar refractivity (Wildman–Crippen MR) is 176 cm³/mol. The Kier molecular flexibility index (Phi) is 9.08. The number of methoxy groups -OCH3 is 1. The van der Waals surface area contributed by atoms with Gasteiger partial charge in [0.1, 0.15) is 18.5 Å². The minimum atomic E-state index is -0.551. The van der Waals surface area contributed by atoms with E-state index in [2.05, 4.69) is 48.6 Å². The van der Waals surface area contributed by atoms with E-state index < -0.39 is 6.09 Å². The largest absolute Gasteiger partial charge is 0.453 e. The fraction of sp³-hybridized carbons (Fsp3) is 0.182. The molecule has 1 fully saturated rings. The van der Waals surface area contributed by atoms with Crippen LogP contribution in [0.5, 0.6) is 0 Å². The first-order valence-electron chi connectivity index (χ1n) is 14.3. The Labute approximate surface area is 273 Å². The number of ether oxygens (including phenoxy) is 1. The lowest BCUT2D eigenvalue weighted by molar-refractivity contribution is -0.130. The maximum atomic E-state index is 14.0. The molecule has 0 spiro atoms. The van der Waals surface area contributed by atoms with Crippen LogP contribution in [0.25, 0.3) is 23.0 Å². The number of anilines is 1. The SMILES string of the molecule is COC(=O)Nc1ccc(-c2c[nH]c([C@@H]3[C@H](c4ccccc4)CCCN3C(=O)/C=C/c3cc(Cl)ccc3-n3cnnc3)n2)c(Br)c1. The number of benzene rings is 3. The molecule has 2 atom stereocenters. The molecule has 5 aromatic rings. The first-order chi connectivity index (χ1) is 21.9. The van der Waals surface area contributed by atoms with Gasteiger partial charge in [-0.2, -0.15) is 0 Å². The Morgan fingerprint density at radius 1 is 1.09 bits per heavy atom. The molecule has 12 heteroatoms. The smallest absolute Gasteiger partial charge is 0.411 e. The highest BCUT2D eigenvalue weighted by atomic mass is 79.9. The Balaban J connectivity index is 1.33. The van der Waals surface area contributed by atoms with E-state index in [4.69, 9.17) is 21.3 Å². The number of nitrogens with one attached hydrogen (secondary N) is 2. The van der Waals surface area contributed by atoms with E-state index in [1.165, 1.54) is 7.11 Å². The maximum absolute atomic E-state index is 14.0. The third-order valence-corrected chi connectivity index (χ3v) is 8.68. The van der Waals surface area contributed by atoms with Crippen LogP contribution in [0, 0.1) is 0 Å². The second-order valence-corrected chi connectivity index (χ2v) is 11.8. The molecule has 2 N–H and O–H groups in total. The normalized spacial score (nSPS) is 16.6. The van der Waals surface area contributed by atoms with E-state index in [9.17, 15) is 9.59 Å². The van der Waals surface area contributed by atoms with Gasteiger partial charge in [0.25, 0.3) is 0 Å². The van der Waals surface area contributed by atoms with Gasteiger partial charge in [-0.25, -0.2) is 9.78 Å². The number of aromatic nitrogens is 5. The highest BCUT2D eigenvalue weighted by Gasteiger charge is 2.37. The molecule has 228 valence electrons. The fourth-order valence-corrected chi connectivity index (χ4v) is 6.46. The number of rotatable bonds is 7. The first kappa shape index (κ1) is 30.3. The van der Waals surface area contributed by atoms with E-state index in [1.807, 2.05) is 47.5 Å². The van der Waals surface area contributed by atoms with Crippen LogP contribution in [0.15, 0.2) is 96.1 Å². The predicted octanol–water partition coefficient (Wildman–Crippen LogP) is 7.41. The van der Waals surface area contributed by atoms with E-state index in [-0.39, 0.29) is 17.9 Å². The number of H-pyrrole nitrogens is 1. The lowest BCUT2D eigenvalue weighted by Crippen LogP contribution is -2.41. The van der Waals surface area contributed by atoms with Gasteiger partial charge in [-0.3, -0.25) is 14.7 Å². The van der Waals surface area contributed by atoms with Crippen molar-refractivity contribution in [2.45, 2.75) is 24.8 Å². The number of halogens is 2. The second-order valence-electron chi connectivity index (χ2n) is 10.5. The van der Waals surface area contributed by atoms with Crippen LogP contribution in [0.4, 0.5) is 10.5 Å². The van der Waals surface area contributed by atoms with Gasteiger partial charge < -0.3 is 14.6 Å². The summed E-state index contributed by atoms with van der Waals surface area (Å²) in [7, 11) is 1.32. The number of piperidine rings is 1. The van der Waals surface area contributed by atoms with Crippen LogP contribution < -0.4 is 5.32 Å². The molecule has 2 aromatic heterocycles. The number of carbonyl (C=O) groups is 2. The fourth-order valence-electron chi connectivity index (χ4n) is 5.70. The summed E-state index contributed by atoms with van der Waals surface area (Å²) >= 11 is 9.94. The summed E-state index contributed by atoms with van der Waals surface area (Å²) in [6.45, 7) is 0.582. The van der Waals surface area contributed by atoms with Gasteiger partial charge in [-0.05, 0) is 60.9 Å². The standard InChI is InChI=1S/C33H29BrClN7O3/c1-45-33(44)39-24-11-12-26(27(34)17-24)28-18-36-32(40-28)31-25(21-6-3-2-4-7-21)8-5-15-42(31)30(43)14-9-22-16-23(35)10-13-29(22)41-19-37-38-20-41/h2-4,6-7,9-14,16-20,25,31H,5,8,15H2,1H3,(H,36,40)(H,39,44)/b14-9+/t25-,31-/m0/s1. The van der Waals surface area contributed by atoms with Crippen molar-refractivity contribution in [1.82, 2.24) is 29.6 Å². The van der Waals surface area contributed by atoms with Gasteiger partial charge in [-0.1, -0.05) is 57.9 Å². The van der Waals surface area contributed by atoms with E-state index in [0.29, 0.717) is 28.8 Å². The van der Waals surface area contributed by atoms with E-state index >= 15 is 0 Å². The first-order valence-corrected chi connectivity index (χ1v) is 15.5. The Morgan fingerprint density at radius 2 is 1.89 bits per heavy atom. The number of hydrogen-bond donors (Lipinski definition) is 2. The number of aromatic amines is 1. The van der Waals surface area contributed by atoms with Crippen molar-refractivity contribution in [3.8, 4) is 16.9 Å². The molecule has 0 aliphatic carbocycles. The van der Waals surface area contributed by atoms with Crippen LogP contribution >= 0.6 is 27.5 Å². The molecule has 45 heavy (non-hydrogen) atoms. The molecule has 0 saturated carbocycles. The lowest BCUT2D eigenvalue weighted by Gasteiger charge is -2.40. The number of nitrogens with zero attached hydrogens (tertiary/aromatic N) is 5. The monoisotopic (exact) mass is 685 g/mol. The second kappa shape index (κ2) is 13.5. The zero-order chi connectivity index (χ0) is 31.3. The van der Waals surface area contributed by atoms with Gasteiger partial charge in [-0.15, -0.1) is 10.2 Å². The molecular weight excluding hydrogens is 658 g/mol. The van der Waals surface area contributed by atoms with E-state index in [1.54, 1.807) is 47.6 Å². The third-order valence-electron chi connectivity index (χ3n) is 7.79. The van der Waals surface area contributed by atoms with Crippen LogP contribution in [0.1, 0.15) is 41.8 Å². The summed E-state index contributed by atoms with van der Waals surface area (Å²) in [5, 5.41) is 11.0. The Bertz CT molecular complexity index is 1840. The topological polar surface area (TPSA) is 118 Å². The van der Waals surface area contributed by atoms with Crippen molar-refractivity contribution < 1.29 is 14.3 Å². The summed E-state index contributed by atoms with van der Waals surface area (Å²) in [6, 6.07) is 20.8. The molecule has 0 unspecified atom stereocenters. The van der Waals surface area contributed by atoms with Gasteiger partial charge in [0.2, 0.25) is 5.91 Å². The lowest BCUT2D eigenvalue weighted by atomic mass is 9.83. The number of carbonyl (C=O) groups excluding carboxylic acids is 2. The van der Waals surface area contributed by atoms with Crippen LogP contribution in [0.3, 0.4) is 0 Å². The zero-order valence-electron chi connectivity index (χ0n) is 24.2. The molecule has 2 amide bonds. The Hall–Kier alpha value is -4.74. The van der Waals surface area contributed by atoms with Crippen molar-refractivity contribution in [1.29, 1.82) is 0 Å². The highest BCUT2D eigenvalue weighted by Crippen LogP contribution is 2.42. The average molecular weight is 687 g/mol. The zero-order valence-corrected chi connectivity index (χ0v) is 26.6. The van der Waals surface area contributed by atoms with Gasteiger partial charge in [0.05, 0.1) is 24.5 Å². The molecule has 1 saturated heterocycles. The summed E-state index contributed by atoms with van der Waals surface area (Å²) < 4.78 is 7.22. The van der Waals surface area contributed by atoms with Crippen molar-refractivity contribution in [2.24, 2.45) is 0 Å². The van der Waals surface area contributed by atoms with Crippen molar-refractivity contribution >= 4 is 51.3 Å². The summed E-state index contributed by atoms with van der Waals surface area (Å²) in [4.78, 5) is 35.9. The molecule has 1 aliphatic rings. The average Bonchev–Trinajstić information content (AvgIpc) is 3.77. The van der Waals surface area contributed by atoms with Gasteiger partial charge >= 0.3 is 6.09 Å². The molecule has 10 nitrogen and oxygen atoms in total. The minimum Gasteiger partial charge on any atom is -0.453 e. The van der Waals surface area contributed by atoms with Gasteiger partial charge in [0, 0.05) is 51.0 Å².